The predicted octanol–water partition coefficient (Wildman–Crippen LogP) is 34.5. The molecule has 0 bridgehead atoms. The van der Waals surface area contributed by atoms with Crippen LogP contribution < -0.4 is 27.0 Å². The molecule has 2 aliphatic rings. The highest BCUT2D eigenvalue weighted by Crippen LogP contribution is 2.54. The van der Waals surface area contributed by atoms with Crippen molar-refractivity contribution in [1.82, 2.24) is 4.57 Å². The lowest BCUT2D eigenvalue weighted by atomic mass is 9.33. The van der Waals surface area contributed by atoms with E-state index in [9.17, 15) is 5.48 Å². The Morgan fingerprint density at radius 1 is 0.225 bits per heavy atom. The Balaban J connectivity index is 0.979. The SMILES string of the molecule is [2H]c1c([2H])c([2H])c2c(c1[2H])c1cc(C(C)(C)C)ccc1n2-c1cc2c3c(c1)Nc1c(cc(-c4cc(C(C)(C)C)cc(C(C)(C)C)c4)cc1-c1c(-c4cccc(C(C)(C)c5ccccc5)c4)cccc1-c1cccc(C(C)(C)c4ccccc4)c1)B3c1cc(-c3cc(C(C)(C)C)cc(C(C)(C)C)c3)cc(-c3c(-c4ccc(C(C)(C)c5ccccc5)cc4)cccc3-c3cccc(C(C)(C)c4ccccc4)c3)c1N2. The van der Waals surface area contributed by atoms with Gasteiger partial charge in [0.1, 0.15) is 0 Å². The largest absolute Gasteiger partial charge is 0.356 e. The lowest BCUT2D eigenvalue weighted by Gasteiger charge is -2.38. The molecule has 0 saturated heterocycles. The summed E-state index contributed by atoms with van der Waals surface area (Å²) in [5.74, 6) is 0. The molecule has 2 aliphatic heterocycles. The van der Waals surface area contributed by atoms with Crippen molar-refractivity contribution in [2.24, 2.45) is 0 Å². The fourth-order valence-electron chi connectivity index (χ4n) is 21.6. The van der Waals surface area contributed by atoms with Crippen LogP contribution in [0.4, 0.5) is 22.7 Å². The number of hydrogen-bond donors (Lipinski definition) is 2. The summed E-state index contributed by atoms with van der Waals surface area (Å²) in [7, 11) is 0. The monoisotopic (exact) mass is 1800 g/mol. The van der Waals surface area contributed by atoms with E-state index in [1.165, 1.54) is 66.8 Å². The van der Waals surface area contributed by atoms with Crippen LogP contribution in [0.5, 0.6) is 0 Å². The van der Waals surface area contributed by atoms with Crippen LogP contribution in [0, 0.1) is 0 Å². The predicted molar refractivity (Wildman–Crippen MR) is 596 cm³/mol. The first-order chi connectivity index (χ1) is 67.2. The fraction of sp³-hybridized carbons (Fsp3) is 0.239. The molecule has 3 nitrogen and oxygen atoms in total. The molecular weight excluding hydrogens is 1660 g/mol. The van der Waals surface area contributed by atoms with Gasteiger partial charge in [-0.25, -0.2) is 0 Å². The molecule has 0 fully saturated rings. The molecule has 18 aromatic rings. The van der Waals surface area contributed by atoms with Crippen molar-refractivity contribution in [2.45, 2.75) is 208 Å². The average Bonchev–Trinajstić information content (AvgIpc) is 0.923. The summed E-state index contributed by atoms with van der Waals surface area (Å²) in [6.07, 6.45) is 0. The van der Waals surface area contributed by atoms with Crippen LogP contribution >= 0.6 is 0 Å². The highest BCUT2D eigenvalue weighted by atomic mass is 15.0. The van der Waals surface area contributed by atoms with Gasteiger partial charge >= 0.3 is 0 Å². The molecule has 0 saturated carbocycles. The summed E-state index contributed by atoms with van der Waals surface area (Å²) in [4.78, 5) is 0. The summed E-state index contributed by atoms with van der Waals surface area (Å²) in [6.45, 7) is 53.1. The smallest absolute Gasteiger partial charge is 0.252 e. The zero-order chi connectivity index (χ0) is 100. The van der Waals surface area contributed by atoms with Gasteiger partial charge in [-0.2, -0.15) is 0 Å². The van der Waals surface area contributed by atoms with Crippen molar-refractivity contribution in [2.75, 3.05) is 10.6 Å². The van der Waals surface area contributed by atoms with E-state index in [0.29, 0.717) is 10.9 Å². The van der Waals surface area contributed by atoms with Gasteiger partial charge in [0.2, 0.25) is 0 Å². The molecule has 4 heteroatoms. The molecular formula is C134H132BN3. The Kier molecular flexibility index (Phi) is 21.5. The molecule has 138 heavy (non-hydrogen) atoms. The summed E-state index contributed by atoms with van der Waals surface area (Å²) in [5.41, 5.74) is 38.9. The van der Waals surface area contributed by atoms with Crippen LogP contribution in [0.3, 0.4) is 0 Å². The number of anilines is 4. The van der Waals surface area contributed by atoms with Gasteiger partial charge in [-0.3, -0.25) is 0 Å². The number of rotatable bonds is 17. The lowest BCUT2D eigenvalue weighted by molar-refractivity contribution is 0.568. The molecule has 0 radical (unpaired) electrons. The summed E-state index contributed by atoms with van der Waals surface area (Å²) in [6, 6.07) is 131. The highest BCUT2D eigenvalue weighted by Gasteiger charge is 2.44. The van der Waals surface area contributed by atoms with Crippen LogP contribution in [0.1, 0.15) is 237 Å². The molecule has 0 spiro atoms. The van der Waals surface area contributed by atoms with E-state index in [1.54, 1.807) is 0 Å². The van der Waals surface area contributed by atoms with Crippen molar-refractivity contribution in [1.29, 1.82) is 0 Å². The van der Waals surface area contributed by atoms with Crippen LogP contribution in [0.25, 0.3) is 117 Å². The molecule has 0 aliphatic carbocycles. The minimum atomic E-state index is -0.541. The summed E-state index contributed by atoms with van der Waals surface area (Å²) in [5, 5.41) is 10.3. The molecule has 20 rings (SSSR count). The van der Waals surface area contributed by atoms with Gasteiger partial charge in [0.25, 0.3) is 6.71 Å². The number of nitrogens with zero attached hydrogens (tertiary/aromatic N) is 1. The zero-order valence-electron chi connectivity index (χ0n) is 88.9. The van der Waals surface area contributed by atoms with E-state index in [1.807, 2.05) is 0 Å². The Labute approximate surface area is 827 Å². The maximum atomic E-state index is 10.3. The maximum absolute atomic E-state index is 10.3. The Morgan fingerprint density at radius 2 is 0.529 bits per heavy atom. The number of nitrogens with one attached hydrogen (secondary N) is 2. The Hall–Kier alpha value is -13.8. The minimum Gasteiger partial charge on any atom is -0.356 e. The zero-order valence-corrected chi connectivity index (χ0v) is 84.9. The van der Waals surface area contributed by atoms with E-state index in [4.69, 9.17) is 0 Å². The Bertz CT molecular complexity index is 7860. The van der Waals surface area contributed by atoms with Crippen molar-refractivity contribution in [3.8, 4) is 94.7 Å². The number of para-hydroxylation sites is 1. The molecule has 17 aromatic carbocycles. The van der Waals surface area contributed by atoms with Gasteiger partial charge in [0, 0.05) is 66.3 Å². The van der Waals surface area contributed by atoms with E-state index in [0.717, 1.165) is 150 Å². The van der Waals surface area contributed by atoms with E-state index in [2.05, 4.69) is 520 Å². The molecule has 0 unspecified atom stereocenters. The van der Waals surface area contributed by atoms with E-state index < -0.39 is 23.0 Å². The molecule has 0 amide bonds. The van der Waals surface area contributed by atoms with Crippen molar-refractivity contribution < 1.29 is 5.48 Å². The standard InChI is InChI=1S/C134H132BN3/c1-126(2,3)98-67-68-120-112(82-98)111-57-36-37-62-119(111)138(120)106-83-117-123-118(84-106)137-125-114(122-109(87-44-39-55-100(70-87)133(20,21)95-50-32-26-33-51-95)60-42-61-110(122)88-45-40-56-101(71-88)134(22,23)96-52-34-27-35-53-96)77-92(90-74-104(129(10,11)12)81-105(75-90)130(13,14)15)79-116(125)135(123)115-78-91(89-72-102(127(4,5)6)80-103(73-89)128(7,8)9)76-113(124(115)136-117)121-107(85-63-65-97(66-64-85)131(16,17)93-46-28-24-29-47-93)58-41-59-108(121)86-43-38-54-99(69-86)132(18,19)94-48-30-25-31-49-94/h24-84,136-137H,1-23H3/i36D,37D,57D,62D. The second kappa shape index (κ2) is 34.1. The number of benzene rings is 17. The van der Waals surface area contributed by atoms with Gasteiger partial charge in [0.15, 0.2) is 0 Å². The van der Waals surface area contributed by atoms with Crippen LogP contribution in [0.2, 0.25) is 0 Å². The second-order valence-corrected chi connectivity index (χ2v) is 46.5. The maximum Gasteiger partial charge on any atom is 0.252 e. The third-order valence-corrected chi connectivity index (χ3v) is 30.7. The molecule has 3 heterocycles. The molecule has 1 aromatic heterocycles. The lowest BCUT2D eigenvalue weighted by Crippen LogP contribution is -2.59. The van der Waals surface area contributed by atoms with E-state index >= 15 is 0 Å². The normalized spacial score (nSPS) is 13.5. The number of fused-ring (bicyclic) bond motifs is 7. The second-order valence-electron chi connectivity index (χ2n) is 46.5. The minimum absolute atomic E-state index is 0.0773. The third kappa shape index (κ3) is 16.7. The number of aromatic nitrogens is 1. The number of hydrogen-bond acceptors (Lipinski definition) is 2. The van der Waals surface area contributed by atoms with Gasteiger partial charge in [-0.05, 0) is 236 Å². The van der Waals surface area contributed by atoms with Crippen molar-refractivity contribution in [3.05, 3.63) is 442 Å². The van der Waals surface area contributed by atoms with Gasteiger partial charge in [-0.15, -0.1) is 0 Å². The Morgan fingerprint density at radius 3 is 0.891 bits per heavy atom. The van der Waals surface area contributed by atoms with Crippen molar-refractivity contribution in [3.63, 3.8) is 0 Å². The summed E-state index contributed by atoms with van der Waals surface area (Å²) >= 11 is 0. The first-order valence-electron chi connectivity index (χ1n) is 51.6. The van der Waals surface area contributed by atoms with Gasteiger partial charge in [0.05, 0.1) is 22.2 Å². The topological polar surface area (TPSA) is 29.0 Å². The highest BCUT2D eigenvalue weighted by molar-refractivity contribution is 7.00. The molecule has 2 N–H and O–H groups in total. The van der Waals surface area contributed by atoms with Crippen molar-refractivity contribution >= 4 is 67.7 Å². The van der Waals surface area contributed by atoms with Crippen LogP contribution in [-0.4, -0.2) is 11.3 Å². The first-order valence-corrected chi connectivity index (χ1v) is 49.6. The first kappa shape index (κ1) is 87.0. The van der Waals surface area contributed by atoms with E-state index in [-0.39, 0.29) is 56.7 Å². The fourth-order valence-corrected chi connectivity index (χ4v) is 21.6. The van der Waals surface area contributed by atoms with Crippen LogP contribution in [-0.2, 0) is 48.7 Å². The molecule has 686 valence electrons. The third-order valence-electron chi connectivity index (χ3n) is 30.7. The quantitative estimate of drug-likeness (QED) is 0.0890. The average molecular weight is 1800 g/mol. The van der Waals surface area contributed by atoms with Crippen LogP contribution in [0.15, 0.2) is 370 Å². The summed E-state index contributed by atoms with van der Waals surface area (Å²) < 4.78 is 41.8. The van der Waals surface area contributed by atoms with Gasteiger partial charge in [-0.1, -0.05) is 487 Å². The van der Waals surface area contributed by atoms with Gasteiger partial charge < -0.3 is 15.2 Å². The molecule has 0 atom stereocenters.